The van der Waals surface area contributed by atoms with Gasteiger partial charge in [-0.15, -0.1) is 11.3 Å². The third-order valence-electron chi connectivity index (χ3n) is 3.74. The lowest BCUT2D eigenvalue weighted by molar-refractivity contribution is -0.147. The van der Waals surface area contributed by atoms with Gasteiger partial charge in [0.1, 0.15) is 6.04 Å². The average molecular weight is 317 g/mol. The van der Waals surface area contributed by atoms with Crippen LogP contribution >= 0.6 is 11.3 Å². The lowest BCUT2D eigenvalue weighted by Crippen LogP contribution is -2.38. The molecule has 1 aromatic heterocycles. The van der Waals surface area contributed by atoms with Crippen molar-refractivity contribution in [2.24, 2.45) is 0 Å². The number of fused-ring (bicyclic) bond motifs is 1. The van der Waals surface area contributed by atoms with E-state index in [1.807, 2.05) is 44.2 Å². The molecule has 0 saturated carbocycles. The van der Waals surface area contributed by atoms with Crippen LogP contribution in [0.2, 0.25) is 0 Å². The van der Waals surface area contributed by atoms with Gasteiger partial charge in [0, 0.05) is 18.0 Å². The molecule has 0 N–H and O–H groups in total. The molecule has 22 heavy (non-hydrogen) atoms. The molecule has 118 valence electrons. The molecule has 2 aromatic rings. The van der Waals surface area contributed by atoms with Crippen LogP contribution < -0.4 is 0 Å². The van der Waals surface area contributed by atoms with E-state index in [1.54, 1.807) is 11.3 Å². The van der Waals surface area contributed by atoms with Crippen molar-refractivity contribution in [1.82, 2.24) is 4.90 Å². The highest BCUT2D eigenvalue weighted by atomic mass is 32.1. The summed E-state index contributed by atoms with van der Waals surface area (Å²) in [5.41, 5.74) is 2.34. The topological polar surface area (TPSA) is 29.5 Å². The van der Waals surface area contributed by atoms with Crippen LogP contribution in [0.5, 0.6) is 0 Å². The molecule has 3 rings (SSSR count). The van der Waals surface area contributed by atoms with E-state index in [4.69, 9.17) is 4.74 Å². The molecule has 4 heteroatoms. The maximum absolute atomic E-state index is 12.2. The number of rotatable bonds is 3. The molecule has 0 amide bonds. The van der Waals surface area contributed by atoms with E-state index in [0.29, 0.717) is 0 Å². The van der Waals surface area contributed by atoms with Gasteiger partial charge in [0.05, 0.1) is 7.11 Å². The van der Waals surface area contributed by atoms with Crippen LogP contribution in [0.25, 0.3) is 0 Å². The number of hydrogen-bond acceptors (Lipinski definition) is 4. The molecule has 1 atom stereocenters. The SMILES string of the molecule is CC.COC(=O)[C@H](c1ccccc1)N1CCc2sccc2C1. The molecule has 0 saturated heterocycles. The van der Waals surface area contributed by atoms with Gasteiger partial charge in [-0.05, 0) is 29.0 Å². The first kappa shape index (κ1) is 16.7. The summed E-state index contributed by atoms with van der Waals surface area (Å²) < 4.78 is 5.01. The van der Waals surface area contributed by atoms with Crippen LogP contribution in [0.15, 0.2) is 41.8 Å². The average Bonchev–Trinajstić information content (AvgIpc) is 3.05. The normalized spacial score (nSPS) is 15.2. The fourth-order valence-corrected chi connectivity index (χ4v) is 3.62. The predicted molar refractivity (Wildman–Crippen MR) is 91.0 cm³/mol. The molecule has 0 aliphatic carbocycles. The molecule has 0 fully saturated rings. The molecule has 3 nitrogen and oxygen atoms in total. The quantitative estimate of drug-likeness (QED) is 0.800. The lowest BCUT2D eigenvalue weighted by Gasteiger charge is -2.33. The molecule has 1 aromatic carbocycles. The number of hydrogen-bond donors (Lipinski definition) is 0. The van der Waals surface area contributed by atoms with Crippen LogP contribution in [-0.2, 0) is 22.5 Å². The minimum absolute atomic E-state index is 0.185. The van der Waals surface area contributed by atoms with E-state index in [9.17, 15) is 4.79 Å². The van der Waals surface area contributed by atoms with Crippen molar-refractivity contribution in [1.29, 1.82) is 0 Å². The molecule has 0 bridgehead atoms. The van der Waals surface area contributed by atoms with Crippen LogP contribution in [0.4, 0.5) is 0 Å². The molecular formula is C18H23NO2S. The van der Waals surface area contributed by atoms with E-state index in [-0.39, 0.29) is 12.0 Å². The van der Waals surface area contributed by atoms with Crippen molar-refractivity contribution in [3.63, 3.8) is 0 Å². The summed E-state index contributed by atoms with van der Waals surface area (Å²) in [5.74, 6) is -0.185. The Morgan fingerprint density at radius 3 is 2.64 bits per heavy atom. The van der Waals surface area contributed by atoms with Gasteiger partial charge in [0.15, 0.2) is 0 Å². The molecular weight excluding hydrogens is 294 g/mol. The summed E-state index contributed by atoms with van der Waals surface area (Å²) >= 11 is 1.81. The van der Waals surface area contributed by atoms with Crippen molar-refractivity contribution >= 4 is 17.3 Å². The van der Waals surface area contributed by atoms with Crippen LogP contribution in [0, 0.1) is 0 Å². The Balaban J connectivity index is 0.000000847. The number of carbonyl (C=O) groups is 1. The molecule has 0 spiro atoms. The summed E-state index contributed by atoms with van der Waals surface area (Å²) in [6.07, 6.45) is 1.01. The highest BCUT2D eigenvalue weighted by molar-refractivity contribution is 7.10. The molecule has 0 radical (unpaired) electrons. The number of ether oxygens (including phenoxy) is 1. The molecule has 1 aliphatic rings. The first-order valence-electron chi connectivity index (χ1n) is 7.71. The third kappa shape index (κ3) is 3.57. The summed E-state index contributed by atoms with van der Waals surface area (Å²) in [5, 5.41) is 2.13. The largest absolute Gasteiger partial charge is 0.468 e. The zero-order valence-electron chi connectivity index (χ0n) is 13.4. The van der Waals surface area contributed by atoms with Crippen molar-refractivity contribution < 1.29 is 9.53 Å². The van der Waals surface area contributed by atoms with E-state index >= 15 is 0 Å². The number of thiophene rings is 1. The number of nitrogens with zero attached hydrogens (tertiary/aromatic N) is 1. The smallest absolute Gasteiger partial charge is 0.327 e. The zero-order chi connectivity index (χ0) is 15.9. The van der Waals surface area contributed by atoms with Gasteiger partial charge in [-0.25, -0.2) is 4.79 Å². The Morgan fingerprint density at radius 2 is 1.95 bits per heavy atom. The fourth-order valence-electron chi connectivity index (χ4n) is 2.73. The Hall–Kier alpha value is -1.65. The molecule has 2 heterocycles. The fraction of sp³-hybridized carbons (Fsp3) is 0.389. The van der Waals surface area contributed by atoms with Gasteiger partial charge in [0.25, 0.3) is 0 Å². The standard InChI is InChI=1S/C16H17NO2S.C2H6/c1-19-16(18)15(12-5-3-2-4-6-12)17-9-7-14-13(11-17)8-10-20-14;1-2/h2-6,8,10,15H,7,9,11H2,1H3;1-2H3/t15-;/m0./s1. The lowest BCUT2D eigenvalue weighted by atomic mass is 10.0. The minimum atomic E-state index is -0.311. The van der Waals surface area contributed by atoms with Gasteiger partial charge in [-0.1, -0.05) is 44.2 Å². The summed E-state index contributed by atoms with van der Waals surface area (Å²) in [7, 11) is 1.46. The van der Waals surface area contributed by atoms with Crippen molar-refractivity contribution in [3.05, 3.63) is 57.8 Å². The highest BCUT2D eigenvalue weighted by Crippen LogP contribution is 2.30. The minimum Gasteiger partial charge on any atom is -0.468 e. The highest BCUT2D eigenvalue weighted by Gasteiger charge is 2.31. The number of benzene rings is 1. The molecule has 0 unspecified atom stereocenters. The Bertz CT molecular complexity index is 594. The number of methoxy groups -OCH3 is 1. The first-order valence-corrected chi connectivity index (χ1v) is 8.59. The van der Waals surface area contributed by atoms with E-state index < -0.39 is 0 Å². The van der Waals surface area contributed by atoms with Crippen molar-refractivity contribution in [2.45, 2.75) is 32.9 Å². The second-order valence-electron chi connectivity index (χ2n) is 4.93. The molecule has 1 aliphatic heterocycles. The summed E-state index contributed by atoms with van der Waals surface area (Å²) in [4.78, 5) is 15.8. The summed E-state index contributed by atoms with van der Waals surface area (Å²) in [6.45, 7) is 5.70. The zero-order valence-corrected chi connectivity index (χ0v) is 14.2. The predicted octanol–water partition coefficient (Wildman–Crippen LogP) is 4.05. The van der Waals surface area contributed by atoms with Gasteiger partial charge < -0.3 is 4.74 Å². The van der Waals surface area contributed by atoms with Gasteiger partial charge in [-0.3, -0.25) is 4.90 Å². The van der Waals surface area contributed by atoms with Gasteiger partial charge >= 0.3 is 5.97 Å². The Labute approximate surface area is 136 Å². The summed E-state index contributed by atoms with van der Waals surface area (Å²) in [6, 6.07) is 11.7. The monoisotopic (exact) mass is 317 g/mol. The van der Waals surface area contributed by atoms with Gasteiger partial charge in [-0.2, -0.15) is 0 Å². The van der Waals surface area contributed by atoms with E-state index in [0.717, 1.165) is 25.1 Å². The third-order valence-corrected chi connectivity index (χ3v) is 4.77. The van der Waals surface area contributed by atoms with Crippen molar-refractivity contribution in [3.8, 4) is 0 Å². The maximum atomic E-state index is 12.2. The second-order valence-corrected chi connectivity index (χ2v) is 5.93. The van der Waals surface area contributed by atoms with Crippen LogP contribution in [-0.4, -0.2) is 24.5 Å². The van der Waals surface area contributed by atoms with Crippen LogP contribution in [0.3, 0.4) is 0 Å². The first-order chi connectivity index (χ1) is 10.8. The maximum Gasteiger partial charge on any atom is 0.327 e. The number of carbonyl (C=O) groups excluding carboxylic acids is 1. The Morgan fingerprint density at radius 1 is 1.23 bits per heavy atom. The van der Waals surface area contributed by atoms with E-state index in [2.05, 4.69) is 16.3 Å². The van der Waals surface area contributed by atoms with Crippen LogP contribution in [0.1, 0.15) is 35.9 Å². The van der Waals surface area contributed by atoms with Gasteiger partial charge in [0.2, 0.25) is 0 Å². The second kappa shape index (κ2) is 8.11. The van der Waals surface area contributed by atoms with E-state index in [1.165, 1.54) is 17.6 Å². The Kier molecular flexibility index (Phi) is 6.16. The van der Waals surface area contributed by atoms with Crippen molar-refractivity contribution in [2.75, 3.05) is 13.7 Å². The number of esters is 1.